The van der Waals surface area contributed by atoms with Crippen molar-refractivity contribution in [2.45, 2.75) is 6.54 Å². The summed E-state index contributed by atoms with van der Waals surface area (Å²) >= 11 is 0. The molecule has 2 nitrogen and oxygen atoms in total. The van der Waals surface area contributed by atoms with Gasteiger partial charge in [-0.25, -0.2) is 8.78 Å². The molecule has 0 aliphatic carbocycles. The molecular formula is C13H16F2N2. The molecule has 17 heavy (non-hydrogen) atoms. The summed E-state index contributed by atoms with van der Waals surface area (Å²) in [4.78, 5) is 2.30. The fourth-order valence-corrected chi connectivity index (χ4v) is 3.04. The molecule has 3 rings (SSSR count). The number of hydrogen-bond acceptors (Lipinski definition) is 2. The van der Waals surface area contributed by atoms with E-state index in [2.05, 4.69) is 10.2 Å². The van der Waals surface area contributed by atoms with Gasteiger partial charge in [-0.3, -0.25) is 4.90 Å². The Labute approximate surface area is 99.6 Å². The van der Waals surface area contributed by atoms with Gasteiger partial charge in [0, 0.05) is 25.7 Å². The van der Waals surface area contributed by atoms with Crippen LogP contribution < -0.4 is 5.32 Å². The third kappa shape index (κ3) is 2.33. The maximum Gasteiger partial charge on any atom is 0.126 e. The van der Waals surface area contributed by atoms with Crippen LogP contribution in [0.25, 0.3) is 0 Å². The molecule has 0 saturated carbocycles. The molecule has 4 heteroatoms. The van der Waals surface area contributed by atoms with Crippen molar-refractivity contribution in [1.29, 1.82) is 0 Å². The lowest BCUT2D eigenvalue weighted by atomic mass is 10.0. The van der Waals surface area contributed by atoms with Gasteiger partial charge in [-0.15, -0.1) is 0 Å². The fourth-order valence-electron chi connectivity index (χ4n) is 3.04. The van der Waals surface area contributed by atoms with Crippen LogP contribution in [-0.4, -0.2) is 31.1 Å². The van der Waals surface area contributed by atoms with Crippen LogP contribution in [0.5, 0.6) is 0 Å². The van der Waals surface area contributed by atoms with Crippen molar-refractivity contribution in [2.24, 2.45) is 11.8 Å². The van der Waals surface area contributed by atoms with Crippen molar-refractivity contribution in [2.75, 3.05) is 26.2 Å². The molecule has 1 aromatic rings. The lowest BCUT2D eigenvalue weighted by molar-refractivity contribution is 0.304. The average Bonchev–Trinajstić information content (AvgIpc) is 2.75. The van der Waals surface area contributed by atoms with Crippen LogP contribution in [0.4, 0.5) is 8.78 Å². The molecule has 0 unspecified atom stereocenters. The van der Waals surface area contributed by atoms with E-state index >= 15 is 0 Å². The summed E-state index contributed by atoms with van der Waals surface area (Å²) < 4.78 is 26.1. The van der Waals surface area contributed by atoms with Crippen LogP contribution in [0.3, 0.4) is 0 Å². The van der Waals surface area contributed by atoms with E-state index in [1.807, 2.05) is 0 Å². The Morgan fingerprint density at radius 1 is 1.06 bits per heavy atom. The van der Waals surface area contributed by atoms with E-state index in [4.69, 9.17) is 0 Å². The molecule has 0 bridgehead atoms. The lowest BCUT2D eigenvalue weighted by Crippen LogP contribution is -2.25. The standard InChI is InChI=1S/C13H16F2N2/c14-12-1-9(2-13(15)3-12)6-17-7-10-4-16-5-11(10)8-17/h1-3,10-11,16H,4-8H2/t10-,11+. The number of nitrogens with zero attached hydrogens (tertiary/aromatic N) is 1. The number of nitrogens with one attached hydrogen (secondary N) is 1. The molecule has 92 valence electrons. The largest absolute Gasteiger partial charge is 0.316 e. The highest BCUT2D eigenvalue weighted by Gasteiger charge is 2.35. The normalized spacial score (nSPS) is 28.6. The van der Waals surface area contributed by atoms with E-state index < -0.39 is 11.6 Å². The number of likely N-dealkylation sites (tertiary alicyclic amines) is 1. The van der Waals surface area contributed by atoms with Crippen LogP contribution in [0.2, 0.25) is 0 Å². The molecule has 2 atom stereocenters. The van der Waals surface area contributed by atoms with Crippen molar-refractivity contribution >= 4 is 0 Å². The van der Waals surface area contributed by atoms with Gasteiger partial charge < -0.3 is 5.32 Å². The zero-order chi connectivity index (χ0) is 11.8. The first kappa shape index (κ1) is 11.1. The van der Waals surface area contributed by atoms with Gasteiger partial charge in [-0.1, -0.05) is 0 Å². The van der Waals surface area contributed by atoms with E-state index in [-0.39, 0.29) is 0 Å². The quantitative estimate of drug-likeness (QED) is 0.842. The second-order valence-electron chi connectivity index (χ2n) is 5.15. The summed E-state index contributed by atoms with van der Waals surface area (Å²) in [7, 11) is 0. The van der Waals surface area contributed by atoms with Crippen LogP contribution in [0.15, 0.2) is 18.2 Å². The molecule has 2 aliphatic heterocycles. The molecule has 0 aromatic heterocycles. The third-order valence-electron chi connectivity index (χ3n) is 3.79. The Hall–Kier alpha value is -1.00. The molecule has 1 aromatic carbocycles. The van der Waals surface area contributed by atoms with E-state index in [1.165, 1.54) is 12.1 Å². The summed E-state index contributed by atoms with van der Waals surface area (Å²) in [6.07, 6.45) is 0. The van der Waals surface area contributed by atoms with Gasteiger partial charge in [-0.05, 0) is 42.6 Å². The first-order valence-electron chi connectivity index (χ1n) is 6.09. The summed E-state index contributed by atoms with van der Waals surface area (Å²) in [5.41, 5.74) is 0.732. The highest BCUT2D eigenvalue weighted by atomic mass is 19.1. The molecule has 2 saturated heterocycles. The minimum absolute atomic E-state index is 0.485. The topological polar surface area (TPSA) is 15.3 Å². The molecule has 0 radical (unpaired) electrons. The van der Waals surface area contributed by atoms with Gasteiger partial charge in [0.15, 0.2) is 0 Å². The SMILES string of the molecule is Fc1cc(F)cc(CN2C[C@H]3CNC[C@H]3C2)c1. The number of halogens is 2. The first-order chi connectivity index (χ1) is 8.20. The Bertz CT molecular complexity index is 390. The fraction of sp³-hybridized carbons (Fsp3) is 0.538. The molecular weight excluding hydrogens is 222 g/mol. The van der Waals surface area contributed by atoms with Gasteiger partial charge in [0.25, 0.3) is 0 Å². The van der Waals surface area contributed by atoms with Crippen LogP contribution in [-0.2, 0) is 6.54 Å². The lowest BCUT2D eigenvalue weighted by Gasteiger charge is -2.17. The van der Waals surface area contributed by atoms with Gasteiger partial charge in [0.05, 0.1) is 0 Å². The van der Waals surface area contributed by atoms with Crippen LogP contribution in [0.1, 0.15) is 5.56 Å². The first-order valence-corrected chi connectivity index (χ1v) is 6.09. The minimum Gasteiger partial charge on any atom is -0.316 e. The molecule has 2 fully saturated rings. The summed E-state index contributed by atoms with van der Waals surface area (Å²) in [5.74, 6) is 0.462. The molecule has 2 aliphatic rings. The Balaban J connectivity index is 1.67. The van der Waals surface area contributed by atoms with Crippen molar-refractivity contribution in [1.82, 2.24) is 10.2 Å². The van der Waals surface area contributed by atoms with E-state index in [9.17, 15) is 8.78 Å². The van der Waals surface area contributed by atoms with Gasteiger partial charge >= 0.3 is 0 Å². The van der Waals surface area contributed by atoms with Gasteiger partial charge in [0.1, 0.15) is 11.6 Å². The molecule has 2 heterocycles. The summed E-state index contributed by atoms with van der Waals surface area (Å²) in [6, 6.07) is 3.77. The van der Waals surface area contributed by atoms with Crippen LogP contribution >= 0.6 is 0 Å². The van der Waals surface area contributed by atoms with Crippen molar-refractivity contribution in [3.05, 3.63) is 35.4 Å². The molecule has 0 amide bonds. The number of hydrogen-bond donors (Lipinski definition) is 1. The predicted octanol–water partition coefficient (Wildman–Crippen LogP) is 1.62. The molecule has 1 N–H and O–H groups in total. The number of benzene rings is 1. The highest BCUT2D eigenvalue weighted by Crippen LogP contribution is 2.27. The maximum atomic E-state index is 13.1. The number of fused-ring (bicyclic) bond motifs is 1. The van der Waals surface area contributed by atoms with E-state index in [1.54, 1.807) is 0 Å². The average molecular weight is 238 g/mol. The van der Waals surface area contributed by atoms with Crippen molar-refractivity contribution in [3.8, 4) is 0 Å². The molecule has 0 spiro atoms. The van der Waals surface area contributed by atoms with Gasteiger partial charge in [-0.2, -0.15) is 0 Å². The summed E-state index contributed by atoms with van der Waals surface area (Å²) in [5, 5.41) is 3.38. The smallest absolute Gasteiger partial charge is 0.126 e. The number of rotatable bonds is 2. The Kier molecular flexibility index (Phi) is 2.84. The van der Waals surface area contributed by atoms with Crippen molar-refractivity contribution in [3.63, 3.8) is 0 Å². The maximum absolute atomic E-state index is 13.1. The second kappa shape index (κ2) is 4.35. The predicted molar refractivity (Wildman–Crippen MR) is 61.5 cm³/mol. The van der Waals surface area contributed by atoms with E-state index in [0.717, 1.165) is 37.8 Å². The zero-order valence-corrected chi connectivity index (χ0v) is 9.63. The Morgan fingerprint density at radius 3 is 2.24 bits per heavy atom. The van der Waals surface area contributed by atoms with Crippen molar-refractivity contribution < 1.29 is 8.78 Å². The zero-order valence-electron chi connectivity index (χ0n) is 9.63. The van der Waals surface area contributed by atoms with E-state index in [0.29, 0.717) is 18.4 Å². The monoisotopic (exact) mass is 238 g/mol. The third-order valence-corrected chi connectivity index (χ3v) is 3.79. The minimum atomic E-state index is -0.485. The Morgan fingerprint density at radius 2 is 1.65 bits per heavy atom. The summed E-state index contributed by atoms with van der Waals surface area (Å²) in [6.45, 7) is 4.89. The van der Waals surface area contributed by atoms with Gasteiger partial charge in [0.2, 0.25) is 0 Å². The second-order valence-corrected chi connectivity index (χ2v) is 5.15. The van der Waals surface area contributed by atoms with Crippen LogP contribution in [0, 0.1) is 23.5 Å². The highest BCUT2D eigenvalue weighted by molar-refractivity contribution is 5.18.